The molecule has 2 unspecified atom stereocenters. The summed E-state index contributed by atoms with van der Waals surface area (Å²) in [4.78, 5) is 18.8. The molecule has 0 saturated carbocycles. The van der Waals surface area contributed by atoms with E-state index in [2.05, 4.69) is 25.8 Å². The van der Waals surface area contributed by atoms with Gasteiger partial charge in [0.2, 0.25) is 11.6 Å². The molecule has 8 rings (SSSR count). The summed E-state index contributed by atoms with van der Waals surface area (Å²) in [6, 6.07) is 13.9. The number of nitriles is 1. The van der Waals surface area contributed by atoms with E-state index < -0.39 is 46.9 Å². The second kappa shape index (κ2) is 19.4. The highest BCUT2D eigenvalue weighted by atomic mass is 32.2. The van der Waals surface area contributed by atoms with Crippen molar-refractivity contribution in [1.82, 2.24) is 10.3 Å². The van der Waals surface area contributed by atoms with Crippen molar-refractivity contribution in [3.63, 3.8) is 0 Å². The SMILES string of the molecule is CC1(CCCCS(=O)(=O)O)C(=CC=CC2=[N+]3CCCc4ccc(S(=O)(=O)O)c(c43)C2(C)CCCCCC(=O)NCCCOc2ccc3nc(C#N)sc3c2)N2CCCc3ccc(S(=O)(=O)O)c1c32. The van der Waals surface area contributed by atoms with Crippen LogP contribution in [0.25, 0.3) is 10.2 Å². The number of fused-ring (bicyclic) bond motifs is 1. The van der Waals surface area contributed by atoms with Crippen LogP contribution in [0.4, 0.5) is 11.4 Å². The first-order valence-electron chi connectivity index (χ1n) is 23.0. The number of amides is 1. The van der Waals surface area contributed by atoms with E-state index in [1.54, 1.807) is 18.2 Å². The van der Waals surface area contributed by atoms with Gasteiger partial charge in [0.05, 0.1) is 33.6 Å². The average Bonchev–Trinajstić information content (AvgIpc) is 3.89. The Morgan fingerprint density at radius 3 is 2.34 bits per heavy atom. The van der Waals surface area contributed by atoms with Gasteiger partial charge in [-0.25, -0.2) is 4.98 Å². The Hall–Kier alpha value is -5.01. The second-order valence-electron chi connectivity index (χ2n) is 18.4. The van der Waals surface area contributed by atoms with E-state index in [0.29, 0.717) is 112 Å². The summed E-state index contributed by atoms with van der Waals surface area (Å²) in [5, 5.41) is 12.5. The second-order valence-corrected chi connectivity index (χ2v) is 23.8. The van der Waals surface area contributed by atoms with Crippen molar-refractivity contribution < 1.29 is 53.0 Å². The molecule has 0 spiro atoms. The molecular weight excluding hydrogens is 951 g/mol. The summed E-state index contributed by atoms with van der Waals surface area (Å²) < 4.78 is 115. The van der Waals surface area contributed by atoms with Crippen molar-refractivity contribution in [3.8, 4) is 11.8 Å². The molecule has 16 nitrogen and oxygen atoms in total. The molecule has 0 fully saturated rings. The Morgan fingerprint density at radius 2 is 1.60 bits per heavy atom. The number of nitrogens with one attached hydrogen (secondary N) is 1. The van der Waals surface area contributed by atoms with Gasteiger partial charge in [0.1, 0.15) is 28.2 Å². The van der Waals surface area contributed by atoms with Gasteiger partial charge in [-0.15, -0.1) is 11.3 Å². The summed E-state index contributed by atoms with van der Waals surface area (Å²) in [6.45, 7) is 5.91. The van der Waals surface area contributed by atoms with Gasteiger partial charge in [0.25, 0.3) is 30.4 Å². The minimum absolute atomic E-state index is 0.0832. The van der Waals surface area contributed by atoms with E-state index in [9.17, 15) is 43.7 Å². The van der Waals surface area contributed by atoms with Gasteiger partial charge in [-0.1, -0.05) is 37.5 Å². The number of aromatic nitrogens is 1. The zero-order chi connectivity index (χ0) is 48.6. The lowest BCUT2D eigenvalue weighted by atomic mass is 9.74. The number of hydrogen-bond acceptors (Lipinski definition) is 12. The highest BCUT2D eigenvalue weighted by molar-refractivity contribution is 7.86. The van der Waals surface area contributed by atoms with Crippen LogP contribution in [-0.2, 0) is 58.8 Å². The molecule has 0 bridgehead atoms. The molecule has 0 radical (unpaired) electrons. The van der Waals surface area contributed by atoms with Crippen molar-refractivity contribution in [2.24, 2.45) is 0 Å². The van der Waals surface area contributed by atoms with Crippen LogP contribution in [0.1, 0.15) is 112 Å². The Kier molecular flexibility index (Phi) is 14.1. The van der Waals surface area contributed by atoms with Crippen molar-refractivity contribution in [2.75, 3.05) is 36.9 Å². The number of rotatable bonds is 20. The lowest BCUT2D eigenvalue weighted by Gasteiger charge is -2.32. The van der Waals surface area contributed by atoms with E-state index in [-0.39, 0.29) is 22.1 Å². The predicted octanol–water partition coefficient (Wildman–Crippen LogP) is 7.72. The molecule has 1 aromatic heterocycles. The molecule has 4 aliphatic heterocycles. The first-order valence-corrected chi connectivity index (χ1v) is 28.3. The van der Waals surface area contributed by atoms with Crippen LogP contribution < -0.4 is 15.0 Å². The molecular formula is C48H56N5O11S4+. The van der Waals surface area contributed by atoms with Crippen molar-refractivity contribution in [2.45, 2.75) is 118 Å². The third-order valence-electron chi connectivity index (χ3n) is 13.8. The third-order valence-corrected chi connectivity index (χ3v) is 17.3. The Balaban J connectivity index is 1.00. The van der Waals surface area contributed by atoms with E-state index >= 15 is 0 Å². The Bertz CT molecular complexity index is 3160. The molecule has 68 heavy (non-hydrogen) atoms. The number of thiazole rings is 1. The first-order chi connectivity index (χ1) is 32.2. The quantitative estimate of drug-likeness (QED) is 0.0376. The van der Waals surface area contributed by atoms with Crippen LogP contribution in [0, 0.1) is 11.3 Å². The lowest BCUT2D eigenvalue weighted by Crippen LogP contribution is -2.33. The molecule has 0 saturated heterocycles. The Morgan fingerprint density at radius 1 is 0.897 bits per heavy atom. The zero-order valence-corrected chi connectivity index (χ0v) is 41.3. The number of allylic oxidation sites excluding steroid dienone is 4. The van der Waals surface area contributed by atoms with Gasteiger partial charge in [-0.2, -0.15) is 35.1 Å². The number of carbonyl (C=O) groups excluding carboxylic acids is 1. The number of nitrogens with zero attached hydrogens (tertiary/aromatic N) is 4. The fourth-order valence-electron chi connectivity index (χ4n) is 10.8. The van der Waals surface area contributed by atoms with Gasteiger partial charge in [-0.3, -0.25) is 18.5 Å². The minimum Gasteiger partial charge on any atom is -0.493 e. The summed E-state index contributed by atoms with van der Waals surface area (Å²) in [5.74, 6) is 0.131. The van der Waals surface area contributed by atoms with Crippen LogP contribution in [-0.4, -0.2) is 92.1 Å². The third kappa shape index (κ3) is 10.0. The fourth-order valence-corrected chi connectivity index (χ4v) is 13.8. The summed E-state index contributed by atoms with van der Waals surface area (Å²) in [6.07, 6.45) is 12.9. The summed E-state index contributed by atoms with van der Waals surface area (Å²) >= 11 is 1.30. The van der Waals surface area contributed by atoms with Gasteiger partial charge in [0, 0.05) is 59.9 Å². The average molecular weight is 1010 g/mol. The number of anilines is 1. The van der Waals surface area contributed by atoms with Crippen LogP contribution in [0.2, 0.25) is 0 Å². The van der Waals surface area contributed by atoms with E-state index in [4.69, 9.17) is 10.00 Å². The fraction of sp³-hybridized carbons (Fsp3) is 0.458. The monoisotopic (exact) mass is 1010 g/mol. The number of unbranched alkanes of at least 4 members (excludes halogenated alkanes) is 3. The maximum atomic E-state index is 13.1. The van der Waals surface area contributed by atoms with Crippen molar-refractivity contribution in [3.05, 3.63) is 93.7 Å². The molecule has 1 amide bonds. The normalized spacial score (nSPS) is 20.6. The zero-order valence-electron chi connectivity index (χ0n) is 38.0. The first kappa shape index (κ1) is 49.4. The molecule has 5 heterocycles. The number of aryl methyl sites for hydroxylation is 2. The van der Waals surface area contributed by atoms with Crippen molar-refractivity contribution in [1.29, 1.82) is 5.26 Å². The van der Waals surface area contributed by atoms with Crippen LogP contribution >= 0.6 is 11.3 Å². The largest absolute Gasteiger partial charge is 0.493 e. The summed E-state index contributed by atoms with van der Waals surface area (Å²) in [7, 11) is -13.5. The summed E-state index contributed by atoms with van der Waals surface area (Å²) in [5.41, 5.74) is 4.87. The van der Waals surface area contributed by atoms with E-state index in [1.807, 2.05) is 44.2 Å². The molecule has 4 aliphatic rings. The number of hydrogen-bond donors (Lipinski definition) is 4. The highest BCUT2D eigenvalue weighted by Gasteiger charge is 2.53. The van der Waals surface area contributed by atoms with Crippen molar-refractivity contribution >= 4 is 74.9 Å². The molecule has 0 aliphatic carbocycles. The van der Waals surface area contributed by atoms with Crippen LogP contribution in [0.15, 0.2) is 76.2 Å². The molecule has 20 heteroatoms. The topological polar surface area (TPSA) is 244 Å². The van der Waals surface area contributed by atoms with Gasteiger partial charge in [-0.05, 0) is 107 Å². The minimum atomic E-state index is -4.67. The van der Waals surface area contributed by atoms with E-state index in [0.717, 1.165) is 57.7 Å². The van der Waals surface area contributed by atoms with Gasteiger partial charge in [0.15, 0.2) is 10.7 Å². The molecule has 3 aromatic carbocycles. The standard InChI is InChI=1S/C48H55N5O11S4/c1-47(23-5-3-4-16-41(54)50-25-11-28-64-34-19-20-35-36(30-34)65-42(31-49)51-35)39(52-26-9-12-32-17-21-37(67(58,59)60)43(47)45(32)52)14-8-15-40-48(2,24-6-7-29-66(55,56)57)44-38(68(61,62)63)22-18-33-13-10-27-53(40)46(33)44/h8,14-15,17-22,30H,3-7,9-13,16,23-29H2,1-2H3,(H3-,50,54,55,56,57,58,59,60,61,62,63)/p+1. The number of carbonyl (C=O) groups is 1. The maximum Gasteiger partial charge on any atom is 0.295 e. The molecule has 4 aromatic rings. The highest BCUT2D eigenvalue weighted by Crippen LogP contribution is 2.56. The Labute approximate surface area is 401 Å². The van der Waals surface area contributed by atoms with Gasteiger partial charge < -0.3 is 15.0 Å². The molecule has 362 valence electrons. The van der Waals surface area contributed by atoms with E-state index in [1.165, 1.54) is 23.5 Å². The lowest BCUT2D eigenvalue weighted by molar-refractivity contribution is -0.443. The number of benzene rings is 3. The number of ether oxygens (including phenoxy) is 1. The van der Waals surface area contributed by atoms with Crippen LogP contribution in [0.3, 0.4) is 0 Å². The molecule has 2 atom stereocenters. The molecule has 4 N–H and O–H groups in total. The predicted molar refractivity (Wildman–Crippen MR) is 259 cm³/mol. The van der Waals surface area contributed by atoms with Crippen LogP contribution in [0.5, 0.6) is 5.75 Å². The maximum absolute atomic E-state index is 13.1. The smallest absolute Gasteiger partial charge is 0.295 e. The van der Waals surface area contributed by atoms with Gasteiger partial charge >= 0.3 is 0 Å².